The molecule has 0 radical (unpaired) electrons. The molecule has 0 spiro atoms. The van der Waals surface area contributed by atoms with Crippen LogP contribution in [0.2, 0.25) is 0 Å². The van der Waals surface area contributed by atoms with E-state index in [1.165, 1.54) is 0 Å². The summed E-state index contributed by atoms with van der Waals surface area (Å²) in [6.07, 6.45) is 2.14. The predicted octanol–water partition coefficient (Wildman–Crippen LogP) is 2.24. The van der Waals surface area contributed by atoms with Gasteiger partial charge in [-0.2, -0.15) is 0 Å². The van der Waals surface area contributed by atoms with E-state index >= 15 is 0 Å². The van der Waals surface area contributed by atoms with Crippen molar-refractivity contribution in [2.75, 3.05) is 7.05 Å². The van der Waals surface area contributed by atoms with Gasteiger partial charge in [-0.1, -0.05) is 11.8 Å². The van der Waals surface area contributed by atoms with Gasteiger partial charge >= 0.3 is 6.07 Å². The molecule has 0 saturated carbocycles. The van der Waals surface area contributed by atoms with Crippen molar-refractivity contribution >= 4 is 6.21 Å². The minimum absolute atomic E-state index is 0.192. The first-order valence-corrected chi connectivity index (χ1v) is 3.51. The fraction of sp³-hybridized carbons (Fsp3) is 0.500. The molecule has 3 heteroatoms. The van der Waals surface area contributed by atoms with Gasteiger partial charge in [0, 0.05) is 12.6 Å². The second-order valence-electron chi connectivity index (χ2n) is 2.55. The zero-order valence-electron chi connectivity index (χ0n) is 6.63. The Hall–Kier alpha value is -1.17. The van der Waals surface area contributed by atoms with Gasteiger partial charge in [-0.25, -0.2) is 9.38 Å². The summed E-state index contributed by atoms with van der Waals surface area (Å²) in [7, 11) is 1.55. The quantitative estimate of drug-likeness (QED) is 0.507. The summed E-state index contributed by atoms with van der Waals surface area (Å²) in [4.78, 5) is 7.43. The SMILES string of the molecule is C[N+]#CC1=C(F)C[C@H](C)C=N1. The molecule has 11 heavy (non-hydrogen) atoms. The fourth-order valence-electron chi connectivity index (χ4n) is 0.899. The molecule has 0 saturated heterocycles. The van der Waals surface area contributed by atoms with Gasteiger partial charge in [-0.15, -0.1) is 0 Å². The van der Waals surface area contributed by atoms with Crippen molar-refractivity contribution in [3.05, 3.63) is 16.4 Å². The minimum atomic E-state index is -0.217. The Labute approximate surface area is 65.3 Å². The van der Waals surface area contributed by atoms with Crippen molar-refractivity contribution in [1.29, 1.82) is 0 Å². The van der Waals surface area contributed by atoms with Crippen LogP contribution in [0.5, 0.6) is 0 Å². The van der Waals surface area contributed by atoms with Gasteiger partial charge in [0.25, 0.3) is 7.05 Å². The molecule has 0 bridgehead atoms. The summed E-state index contributed by atoms with van der Waals surface area (Å²) in [6, 6.07) is 2.49. The molecule has 0 fully saturated rings. The third-order valence-corrected chi connectivity index (χ3v) is 1.43. The highest BCUT2D eigenvalue weighted by atomic mass is 19.1. The van der Waals surface area contributed by atoms with Crippen LogP contribution >= 0.6 is 0 Å². The van der Waals surface area contributed by atoms with Crippen LogP contribution in [0.25, 0.3) is 4.85 Å². The molecule has 0 unspecified atom stereocenters. The number of allylic oxidation sites excluding steroid dienone is 2. The average Bonchev–Trinajstić information content (AvgIpc) is 1.95. The van der Waals surface area contributed by atoms with Crippen LogP contribution in [0.15, 0.2) is 16.5 Å². The highest BCUT2D eigenvalue weighted by Crippen LogP contribution is 2.20. The molecule has 1 aliphatic heterocycles. The van der Waals surface area contributed by atoms with E-state index < -0.39 is 0 Å². The molecule has 0 aromatic carbocycles. The topological polar surface area (TPSA) is 16.7 Å². The number of hydrogen-bond donors (Lipinski definition) is 0. The Morgan fingerprint density at radius 1 is 1.82 bits per heavy atom. The summed E-state index contributed by atoms with van der Waals surface area (Å²) in [6.45, 7) is 1.92. The van der Waals surface area contributed by atoms with E-state index in [0.717, 1.165) is 0 Å². The maximum Gasteiger partial charge on any atom is 0.333 e. The van der Waals surface area contributed by atoms with Crippen LogP contribution in [0.4, 0.5) is 4.39 Å². The largest absolute Gasteiger partial charge is 0.333 e. The summed E-state index contributed by atoms with van der Waals surface area (Å²) < 4.78 is 12.9. The van der Waals surface area contributed by atoms with Crippen molar-refractivity contribution in [3.63, 3.8) is 0 Å². The molecule has 0 aromatic heterocycles. The normalized spacial score (nSPS) is 23.0. The van der Waals surface area contributed by atoms with Gasteiger partial charge in [-0.05, 0) is 5.92 Å². The number of halogens is 1. The first-order chi connectivity index (χ1) is 5.24. The second kappa shape index (κ2) is 3.29. The van der Waals surface area contributed by atoms with E-state index in [-0.39, 0.29) is 17.4 Å². The zero-order chi connectivity index (χ0) is 8.27. The first-order valence-electron chi connectivity index (χ1n) is 3.51. The minimum Gasteiger partial charge on any atom is -0.243 e. The van der Waals surface area contributed by atoms with E-state index in [4.69, 9.17) is 0 Å². The summed E-state index contributed by atoms with van der Waals surface area (Å²) in [5, 5.41) is 0. The van der Waals surface area contributed by atoms with Gasteiger partial charge < -0.3 is 0 Å². The van der Waals surface area contributed by atoms with E-state index in [2.05, 4.69) is 15.9 Å². The lowest BCUT2D eigenvalue weighted by Gasteiger charge is -2.06. The molecule has 0 aromatic rings. The van der Waals surface area contributed by atoms with Gasteiger partial charge in [0.1, 0.15) is 5.83 Å². The Kier molecular flexibility index (Phi) is 2.37. The van der Waals surface area contributed by atoms with Crippen molar-refractivity contribution < 1.29 is 4.39 Å². The lowest BCUT2D eigenvalue weighted by atomic mass is 10.1. The predicted molar refractivity (Wildman–Crippen MR) is 43.6 cm³/mol. The first kappa shape index (κ1) is 7.93. The van der Waals surface area contributed by atoms with Crippen LogP contribution in [-0.2, 0) is 0 Å². The van der Waals surface area contributed by atoms with E-state index in [1.54, 1.807) is 13.3 Å². The lowest BCUT2D eigenvalue weighted by Crippen LogP contribution is -2.02. The molecular formula is C8H10FN2+. The number of rotatable bonds is 0. The number of hydrogen-bond acceptors (Lipinski definition) is 1. The molecule has 1 atom stereocenters. The van der Waals surface area contributed by atoms with Crippen LogP contribution in [0.3, 0.4) is 0 Å². The van der Waals surface area contributed by atoms with Crippen molar-refractivity contribution in [2.24, 2.45) is 10.9 Å². The third kappa shape index (κ3) is 1.87. The van der Waals surface area contributed by atoms with Crippen molar-refractivity contribution in [2.45, 2.75) is 13.3 Å². The maximum absolute atomic E-state index is 12.9. The van der Waals surface area contributed by atoms with Crippen LogP contribution < -0.4 is 0 Å². The van der Waals surface area contributed by atoms with E-state index in [0.29, 0.717) is 6.42 Å². The van der Waals surface area contributed by atoms with E-state index in [1.807, 2.05) is 6.92 Å². The Morgan fingerprint density at radius 2 is 2.55 bits per heavy atom. The highest BCUT2D eigenvalue weighted by Gasteiger charge is 2.15. The molecule has 2 nitrogen and oxygen atoms in total. The monoisotopic (exact) mass is 153 g/mol. The molecule has 0 amide bonds. The molecule has 1 heterocycles. The van der Waals surface area contributed by atoms with Gasteiger partial charge in [0.15, 0.2) is 0 Å². The summed E-state index contributed by atoms with van der Waals surface area (Å²) >= 11 is 0. The van der Waals surface area contributed by atoms with Gasteiger partial charge in [0.2, 0.25) is 5.70 Å². The standard InChI is InChI=1S/C8H10FN2/c1-6-3-7(9)8(5-10-2)11-4-6/h4,6H,3H2,1-2H3/q+1/t6-/m0/s1. The number of nitrogens with zero attached hydrogens (tertiary/aromatic N) is 2. The summed E-state index contributed by atoms with van der Waals surface area (Å²) in [5.74, 6) is -0.0250. The molecule has 0 N–H and O–H groups in total. The number of aliphatic imine (C=N–C) groups is 1. The Bertz CT molecular complexity index is 268. The fourth-order valence-corrected chi connectivity index (χ4v) is 0.899. The third-order valence-electron chi connectivity index (χ3n) is 1.43. The second-order valence-corrected chi connectivity index (χ2v) is 2.55. The van der Waals surface area contributed by atoms with E-state index in [9.17, 15) is 4.39 Å². The Morgan fingerprint density at radius 3 is 3.09 bits per heavy atom. The van der Waals surface area contributed by atoms with Crippen LogP contribution in [-0.4, -0.2) is 13.3 Å². The summed E-state index contributed by atoms with van der Waals surface area (Å²) in [5.41, 5.74) is 0.241. The maximum atomic E-state index is 12.9. The highest BCUT2D eigenvalue weighted by molar-refractivity contribution is 5.65. The van der Waals surface area contributed by atoms with Gasteiger partial charge in [-0.3, -0.25) is 0 Å². The molecule has 0 aliphatic carbocycles. The molecular weight excluding hydrogens is 143 g/mol. The lowest BCUT2D eigenvalue weighted by molar-refractivity contribution is 0.542. The average molecular weight is 153 g/mol. The van der Waals surface area contributed by atoms with Crippen molar-refractivity contribution in [3.8, 4) is 6.07 Å². The molecule has 58 valence electrons. The van der Waals surface area contributed by atoms with Crippen molar-refractivity contribution in [1.82, 2.24) is 0 Å². The molecule has 1 aliphatic rings. The zero-order valence-corrected chi connectivity index (χ0v) is 6.63. The van der Waals surface area contributed by atoms with Gasteiger partial charge in [0.05, 0.1) is 0 Å². The molecule has 1 rings (SSSR count). The van der Waals surface area contributed by atoms with Crippen LogP contribution in [0.1, 0.15) is 13.3 Å². The Balaban J connectivity index is 2.85. The smallest absolute Gasteiger partial charge is 0.243 e. The van der Waals surface area contributed by atoms with Crippen LogP contribution in [0, 0.1) is 12.0 Å².